The fraction of sp³-hybridized carbons (Fsp3) is 0.525. The number of Topliss-reactive ketones (excluding diaryl/α,β-unsaturated/α-hetero) is 1. The summed E-state index contributed by atoms with van der Waals surface area (Å²) in [6.07, 6.45) is 3.74. The average molecular weight is 802 g/mol. The molecule has 1 amide bonds. The fourth-order valence-corrected chi connectivity index (χ4v) is 10.5. The predicted molar refractivity (Wildman–Crippen MR) is 211 cm³/mol. The Balaban J connectivity index is 1.70. The van der Waals surface area contributed by atoms with Crippen LogP contribution in [0.2, 0.25) is 0 Å². The molecule has 2 aromatic carbocycles. The molecule has 0 radical (unpaired) electrons. The van der Waals surface area contributed by atoms with Crippen molar-refractivity contribution in [3.8, 4) is 23.0 Å². The number of ether oxygens (including phenoxy) is 4. The quantitative estimate of drug-likeness (QED) is 0.116. The van der Waals surface area contributed by atoms with E-state index in [1.165, 1.54) is 69.8 Å². The normalized spacial score (nSPS) is 33.1. The van der Waals surface area contributed by atoms with Gasteiger partial charge in [-0.05, 0) is 19.9 Å². The van der Waals surface area contributed by atoms with Gasteiger partial charge in [0.1, 0.15) is 23.4 Å². The third-order valence-corrected chi connectivity index (χ3v) is 13.9. The van der Waals surface area contributed by atoms with Crippen LogP contribution in [0.25, 0.3) is 10.8 Å². The molecule has 55 heavy (non-hydrogen) atoms. The van der Waals surface area contributed by atoms with Crippen molar-refractivity contribution < 1.29 is 58.9 Å². The van der Waals surface area contributed by atoms with Gasteiger partial charge >= 0.3 is 11.8 Å². The molecule has 4 aliphatic rings. The molecular weight excluding hydrogens is 751 g/mol. The van der Waals surface area contributed by atoms with Crippen LogP contribution in [0.3, 0.4) is 0 Å². The summed E-state index contributed by atoms with van der Waals surface area (Å²) in [4.78, 5) is 40.3. The molecule has 4 heterocycles. The lowest BCUT2D eigenvalue weighted by atomic mass is 9.78. The van der Waals surface area contributed by atoms with Crippen LogP contribution in [-0.4, -0.2) is 92.0 Å². The molecule has 0 aromatic heterocycles. The number of anilines is 1. The lowest BCUT2D eigenvalue weighted by molar-refractivity contribution is -0.160. The number of amides is 1. The largest absolute Gasteiger partial charge is 0.507 e. The van der Waals surface area contributed by atoms with E-state index in [1.54, 1.807) is 46.8 Å². The molecule has 6 N–H and O–H groups in total. The van der Waals surface area contributed by atoms with Crippen molar-refractivity contribution in [3.63, 3.8) is 0 Å². The number of thioether (sulfide) groups is 2. The van der Waals surface area contributed by atoms with Crippen LogP contribution in [0.1, 0.15) is 74.5 Å². The first-order valence-corrected chi connectivity index (χ1v) is 20.3. The van der Waals surface area contributed by atoms with Gasteiger partial charge in [0.15, 0.2) is 5.75 Å². The SMILES string of the molecule is CO[C@H]1/C=C/O[C@@]2(C)Oc3c(C)c(O)c4c(O)c(c(C5SCCS5)c(O)c4c3C2=O)NC(=O)/C(C)=C\C=C\[C@H](C)[C@H](O)[C@@H](C)[C@@H](O)[C@@H](C)[C@H](OC(C)=O)[C@@H]1C. The Labute approximate surface area is 329 Å². The first kappa shape index (κ1) is 42.3. The second kappa shape index (κ2) is 16.7. The van der Waals surface area contributed by atoms with E-state index in [4.69, 9.17) is 18.9 Å². The van der Waals surface area contributed by atoms with Gasteiger partial charge in [0.25, 0.3) is 11.7 Å². The monoisotopic (exact) mass is 801 g/mol. The number of benzene rings is 2. The third kappa shape index (κ3) is 7.91. The van der Waals surface area contributed by atoms with Crippen LogP contribution >= 0.6 is 23.5 Å². The van der Waals surface area contributed by atoms with Gasteiger partial charge in [-0.15, -0.1) is 23.5 Å². The van der Waals surface area contributed by atoms with E-state index in [0.717, 1.165) is 11.5 Å². The van der Waals surface area contributed by atoms with E-state index in [-0.39, 0.29) is 44.5 Å². The van der Waals surface area contributed by atoms with Gasteiger partial charge < -0.3 is 49.8 Å². The molecule has 6 rings (SSSR count). The Bertz CT molecular complexity index is 1940. The van der Waals surface area contributed by atoms with Crippen molar-refractivity contribution in [2.24, 2.45) is 23.7 Å². The summed E-state index contributed by atoms with van der Waals surface area (Å²) in [6.45, 7) is 12.6. The summed E-state index contributed by atoms with van der Waals surface area (Å²) >= 11 is 2.98. The highest BCUT2D eigenvalue weighted by atomic mass is 32.2. The van der Waals surface area contributed by atoms with Crippen LogP contribution < -0.4 is 10.1 Å². The molecule has 0 saturated carbocycles. The molecule has 300 valence electrons. The molecule has 0 aliphatic carbocycles. The number of allylic oxidation sites excluding steroid dienone is 2. The van der Waals surface area contributed by atoms with Crippen molar-refractivity contribution in [3.05, 3.63) is 52.8 Å². The van der Waals surface area contributed by atoms with Crippen LogP contribution in [-0.2, 0) is 23.8 Å². The zero-order valence-electron chi connectivity index (χ0n) is 32.4. The van der Waals surface area contributed by atoms with E-state index >= 15 is 0 Å². The molecule has 4 aliphatic heterocycles. The first-order chi connectivity index (χ1) is 25.9. The van der Waals surface area contributed by atoms with Crippen molar-refractivity contribution in [1.29, 1.82) is 0 Å². The summed E-state index contributed by atoms with van der Waals surface area (Å²) in [5.74, 6) is -6.31. The topological polar surface area (TPSA) is 201 Å². The highest BCUT2D eigenvalue weighted by Gasteiger charge is 2.50. The van der Waals surface area contributed by atoms with Gasteiger partial charge in [-0.2, -0.15) is 0 Å². The van der Waals surface area contributed by atoms with E-state index in [9.17, 15) is 39.9 Å². The zero-order chi connectivity index (χ0) is 40.7. The number of rotatable bonds is 3. The van der Waals surface area contributed by atoms with Gasteiger partial charge in [0.05, 0.1) is 45.8 Å². The molecule has 5 bridgehead atoms. The van der Waals surface area contributed by atoms with Crippen LogP contribution in [0.15, 0.2) is 36.1 Å². The molecule has 1 saturated heterocycles. The third-order valence-electron chi connectivity index (χ3n) is 10.9. The molecular formula is C40H51NO12S2. The van der Waals surface area contributed by atoms with Crippen molar-refractivity contribution in [1.82, 2.24) is 0 Å². The summed E-state index contributed by atoms with van der Waals surface area (Å²) in [5, 5.41) is 60.6. The number of phenolic OH excluding ortho intramolecular Hbond substituents is 3. The van der Waals surface area contributed by atoms with Crippen molar-refractivity contribution in [2.45, 2.75) is 90.2 Å². The number of nitrogens with one attached hydrogen (secondary N) is 1. The number of aromatic hydroxyl groups is 3. The Morgan fingerprint density at radius 1 is 0.927 bits per heavy atom. The van der Waals surface area contributed by atoms with E-state index in [0.29, 0.717) is 0 Å². The summed E-state index contributed by atoms with van der Waals surface area (Å²) in [5.41, 5.74) is 0.263. The van der Waals surface area contributed by atoms with Crippen LogP contribution in [0.5, 0.6) is 23.0 Å². The minimum Gasteiger partial charge on any atom is -0.507 e. The summed E-state index contributed by atoms with van der Waals surface area (Å²) in [7, 11) is 1.44. The van der Waals surface area contributed by atoms with E-state index in [2.05, 4.69) is 5.32 Å². The van der Waals surface area contributed by atoms with Crippen LogP contribution in [0.4, 0.5) is 5.69 Å². The minimum absolute atomic E-state index is 0.0499. The number of methoxy groups -OCH3 is 1. The lowest BCUT2D eigenvalue weighted by Crippen LogP contribution is -2.46. The number of esters is 1. The molecule has 1 fully saturated rings. The standard InChI is InChI=1S/C40H51NO12S2/c1-17-11-10-12-18(2)38(49)41-29-28(39-54-15-16-55-39)33(46)25-26(34(29)47)32(45)22(6)36-27(25)37(48)40(8,53-36)51-14-13-24(50-9)19(3)35(52-23(7)42)21(5)31(44)20(4)30(17)43/h10-14,17,19-21,24,30-31,35,39,43-47H,15-16H2,1-9H3,(H,41,49)/b11-10+,14-13+,18-12-/t17-,19+,20+,21+,24-,30-,31+,35+,40-/m0/s1. The second-order valence-corrected chi connectivity index (χ2v) is 17.4. The first-order valence-electron chi connectivity index (χ1n) is 18.2. The Morgan fingerprint density at radius 3 is 2.20 bits per heavy atom. The highest BCUT2D eigenvalue weighted by molar-refractivity contribution is 8.19. The second-order valence-electron chi connectivity index (χ2n) is 14.7. The smallest absolute Gasteiger partial charge is 0.312 e. The molecule has 0 unspecified atom stereocenters. The highest BCUT2D eigenvalue weighted by Crippen LogP contribution is 2.60. The van der Waals surface area contributed by atoms with Crippen molar-refractivity contribution in [2.75, 3.05) is 23.9 Å². The maximum absolute atomic E-state index is 14.3. The van der Waals surface area contributed by atoms with Gasteiger partial charge in [0.2, 0.25) is 0 Å². The number of hydrogen-bond acceptors (Lipinski definition) is 14. The Hall–Kier alpha value is -3.89. The number of phenols is 3. The Morgan fingerprint density at radius 2 is 1.58 bits per heavy atom. The number of hydrogen-bond donors (Lipinski definition) is 6. The number of carbonyl (C=O) groups is 3. The number of ketones is 1. The van der Waals surface area contributed by atoms with Gasteiger partial charge in [-0.25, -0.2) is 0 Å². The minimum atomic E-state index is -2.00. The van der Waals surface area contributed by atoms with Gasteiger partial charge in [-0.3, -0.25) is 14.4 Å². The zero-order valence-corrected chi connectivity index (χ0v) is 34.0. The number of aliphatic hydroxyl groups excluding tert-OH is 2. The summed E-state index contributed by atoms with van der Waals surface area (Å²) < 4.78 is 23.1. The average Bonchev–Trinajstić information content (AvgIpc) is 3.77. The van der Waals surface area contributed by atoms with Crippen LogP contribution in [0, 0.1) is 30.6 Å². The van der Waals surface area contributed by atoms with E-state index < -0.39 is 93.4 Å². The van der Waals surface area contributed by atoms with Gasteiger partial charge in [0, 0.05) is 78.2 Å². The number of fused-ring (bicyclic) bond motifs is 14. The predicted octanol–water partition coefficient (Wildman–Crippen LogP) is 6.23. The molecule has 13 nitrogen and oxygen atoms in total. The molecule has 9 atom stereocenters. The Kier molecular flexibility index (Phi) is 12.8. The van der Waals surface area contributed by atoms with E-state index in [1.807, 2.05) is 0 Å². The van der Waals surface area contributed by atoms with Gasteiger partial charge in [-0.1, -0.05) is 45.9 Å². The van der Waals surface area contributed by atoms with Crippen molar-refractivity contribution >= 4 is 57.6 Å². The summed E-state index contributed by atoms with van der Waals surface area (Å²) in [6, 6.07) is 0. The fourth-order valence-electron chi connectivity index (χ4n) is 7.50. The molecule has 2 aromatic rings. The molecule has 0 spiro atoms. The molecule has 15 heteroatoms. The maximum atomic E-state index is 14.3. The number of carbonyl (C=O) groups excluding carboxylic acids is 3. The number of aliphatic hydroxyl groups is 2. The lowest BCUT2D eigenvalue weighted by Gasteiger charge is -2.38. The maximum Gasteiger partial charge on any atom is 0.312 e.